The van der Waals surface area contributed by atoms with E-state index >= 15 is 0 Å². The standard InChI is InChI=1S/C13H17BrN2O4/c1-9(4-5-17)8-15-13(18)6-10-2-3-11(16(19)20)7-12(10)14/h2-3,7,9,17H,4-6,8H2,1H3,(H,15,18). The van der Waals surface area contributed by atoms with Crippen LogP contribution in [0, 0.1) is 16.0 Å². The summed E-state index contributed by atoms with van der Waals surface area (Å²) in [6, 6.07) is 4.33. The van der Waals surface area contributed by atoms with Crippen LogP contribution >= 0.6 is 15.9 Å². The minimum Gasteiger partial charge on any atom is -0.396 e. The number of carbonyl (C=O) groups is 1. The van der Waals surface area contributed by atoms with Gasteiger partial charge in [0.15, 0.2) is 0 Å². The van der Waals surface area contributed by atoms with Crippen molar-refractivity contribution in [1.82, 2.24) is 5.32 Å². The van der Waals surface area contributed by atoms with Crippen molar-refractivity contribution < 1.29 is 14.8 Å². The van der Waals surface area contributed by atoms with Crippen LogP contribution in [0.1, 0.15) is 18.9 Å². The topological polar surface area (TPSA) is 92.5 Å². The molecule has 7 heteroatoms. The van der Waals surface area contributed by atoms with Crippen LogP contribution in [0.25, 0.3) is 0 Å². The van der Waals surface area contributed by atoms with Crippen LogP contribution < -0.4 is 5.32 Å². The first-order valence-corrected chi connectivity index (χ1v) is 7.03. The number of aliphatic hydroxyl groups is 1. The maximum Gasteiger partial charge on any atom is 0.270 e. The third kappa shape index (κ3) is 5.26. The number of hydrogen-bond acceptors (Lipinski definition) is 4. The number of aliphatic hydroxyl groups excluding tert-OH is 1. The predicted molar refractivity (Wildman–Crippen MR) is 78.4 cm³/mol. The van der Waals surface area contributed by atoms with Crippen molar-refractivity contribution in [2.45, 2.75) is 19.8 Å². The van der Waals surface area contributed by atoms with Gasteiger partial charge in [-0.25, -0.2) is 0 Å². The number of rotatable bonds is 7. The lowest BCUT2D eigenvalue weighted by atomic mass is 10.1. The molecule has 0 aromatic heterocycles. The van der Waals surface area contributed by atoms with Gasteiger partial charge < -0.3 is 10.4 Å². The Hall–Kier alpha value is -1.47. The van der Waals surface area contributed by atoms with Gasteiger partial charge in [0.25, 0.3) is 5.69 Å². The third-order valence-electron chi connectivity index (χ3n) is 2.87. The van der Waals surface area contributed by atoms with Gasteiger partial charge in [0, 0.05) is 29.8 Å². The summed E-state index contributed by atoms with van der Waals surface area (Å²) in [5.41, 5.74) is 0.681. The molecule has 1 amide bonds. The first-order chi connectivity index (χ1) is 9.43. The second-order valence-corrected chi connectivity index (χ2v) is 5.49. The maximum atomic E-state index is 11.8. The number of non-ortho nitro benzene ring substituents is 1. The van der Waals surface area contributed by atoms with E-state index in [1.807, 2.05) is 6.92 Å². The third-order valence-corrected chi connectivity index (χ3v) is 3.61. The summed E-state index contributed by atoms with van der Waals surface area (Å²) in [5.74, 6) is 0.0635. The van der Waals surface area contributed by atoms with Gasteiger partial charge in [0.05, 0.1) is 11.3 Å². The molecule has 6 nitrogen and oxygen atoms in total. The molecule has 0 aliphatic heterocycles. The van der Waals surface area contributed by atoms with Gasteiger partial charge in [-0.3, -0.25) is 14.9 Å². The Bertz CT molecular complexity index is 493. The monoisotopic (exact) mass is 344 g/mol. The minimum absolute atomic E-state index is 0.0161. The molecule has 0 aliphatic rings. The second kappa shape index (κ2) is 7.96. The lowest BCUT2D eigenvalue weighted by Gasteiger charge is -2.11. The molecule has 0 bridgehead atoms. The molecule has 1 aromatic rings. The SMILES string of the molecule is CC(CCO)CNC(=O)Cc1ccc([N+](=O)[O-])cc1Br. The van der Waals surface area contributed by atoms with E-state index in [0.717, 1.165) is 0 Å². The summed E-state index contributed by atoms with van der Waals surface area (Å²) in [4.78, 5) is 21.9. The molecule has 0 aliphatic carbocycles. The number of nitro benzene ring substituents is 1. The number of benzene rings is 1. The number of amides is 1. The summed E-state index contributed by atoms with van der Waals surface area (Å²) in [6.07, 6.45) is 0.798. The molecule has 110 valence electrons. The van der Waals surface area contributed by atoms with E-state index in [9.17, 15) is 14.9 Å². The smallest absolute Gasteiger partial charge is 0.270 e. The van der Waals surface area contributed by atoms with Crippen LogP contribution in [0.5, 0.6) is 0 Å². The van der Waals surface area contributed by atoms with Crippen molar-refractivity contribution in [2.75, 3.05) is 13.2 Å². The van der Waals surface area contributed by atoms with E-state index in [-0.39, 0.29) is 30.5 Å². The Kier molecular flexibility index (Phi) is 6.60. The van der Waals surface area contributed by atoms with Crippen LogP contribution in [0.3, 0.4) is 0 Å². The van der Waals surface area contributed by atoms with Crippen LogP contribution in [0.15, 0.2) is 22.7 Å². The van der Waals surface area contributed by atoms with Gasteiger partial charge in [0.2, 0.25) is 5.91 Å². The molecule has 1 unspecified atom stereocenters. The molecule has 0 radical (unpaired) electrons. The molecule has 20 heavy (non-hydrogen) atoms. The zero-order chi connectivity index (χ0) is 15.1. The molecular formula is C13H17BrN2O4. The van der Waals surface area contributed by atoms with E-state index < -0.39 is 4.92 Å². The molecule has 0 saturated heterocycles. The van der Waals surface area contributed by atoms with Crippen molar-refractivity contribution in [1.29, 1.82) is 0 Å². The van der Waals surface area contributed by atoms with Crippen molar-refractivity contribution in [3.05, 3.63) is 38.3 Å². The van der Waals surface area contributed by atoms with Crippen molar-refractivity contribution in [2.24, 2.45) is 5.92 Å². The highest BCUT2D eigenvalue weighted by molar-refractivity contribution is 9.10. The quantitative estimate of drug-likeness (QED) is 0.584. The van der Waals surface area contributed by atoms with E-state index in [4.69, 9.17) is 5.11 Å². The zero-order valence-corrected chi connectivity index (χ0v) is 12.7. The van der Waals surface area contributed by atoms with Crippen molar-refractivity contribution in [3.8, 4) is 0 Å². The van der Waals surface area contributed by atoms with Crippen LogP contribution in [0.2, 0.25) is 0 Å². The highest BCUT2D eigenvalue weighted by Crippen LogP contribution is 2.23. The number of nitro groups is 1. The highest BCUT2D eigenvalue weighted by atomic mass is 79.9. The normalized spacial score (nSPS) is 11.9. The minimum atomic E-state index is -0.481. The van der Waals surface area contributed by atoms with E-state index in [0.29, 0.717) is 23.0 Å². The molecule has 0 saturated carbocycles. The number of carbonyl (C=O) groups excluding carboxylic acids is 1. The van der Waals surface area contributed by atoms with Gasteiger partial charge in [-0.15, -0.1) is 0 Å². The Morgan fingerprint density at radius 1 is 1.55 bits per heavy atom. The Morgan fingerprint density at radius 2 is 2.25 bits per heavy atom. The van der Waals surface area contributed by atoms with E-state index in [2.05, 4.69) is 21.2 Å². The molecule has 1 rings (SSSR count). The number of hydrogen-bond donors (Lipinski definition) is 2. The lowest BCUT2D eigenvalue weighted by molar-refractivity contribution is -0.384. The zero-order valence-electron chi connectivity index (χ0n) is 11.1. The molecular weight excluding hydrogens is 328 g/mol. The average Bonchev–Trinajstić information content (AvgIpc) is 2.39. The fourth-order valence-corrected chi connectivity index (χ4v) is 2.15. The van der Waals surface area contributed by atoms with Gasteiger partial charge >= 0.3 is 0 Å². The van der Waals surface area contributed by atoms with Crippen molar-refractivity contribution in [3.63, 3.8) is 0 Å². The predicted octanol–water partition coefficient (Wildman–Crippen LogP) is 2.03. The molecule has 2 N–H and O–H groups in total. The van der Waals surface area contributed by atoms with Gasteiger partial charge in [-0.2, -0.15) is 0 Å². The fraction of sp³-hybridized carbons (Fsp3) is 0.462. The number of nitrogens with one attached hydrogen (secondary N) is 1. The van der Waals surface area contributed by atoms with Gasteiger partial charge in [0.1, 0.15) is 0 Å². The lowest BCUT2D eigenvalue weighted by Crippen LogP contribution is -2.30. The van der Waals surface area contributed by atoms with Gasteiger partial charge in [-0.05, 0) is 17.9 Å². The maximum absolute atomic E-state index is 11.8. The second-order valence-electron chi connectivity index (χ2n) is 4.63. The van der Waals surface area contributed by atoms with E-state index in [1.165, 1.54) is 12.1 Å². The summed E-state index contributed by atoms with van der Waals surface area (Å²) in [7, 11) is 0. The molecule has 0 heterocycles. The average molecular weight is 345 g/mol. The van der Waals surface area contributed by atoms with Crippen LogP contribution in [-0.2, 0) is 11.2 Å². The van der Waals surface area contributed by atoms with E-state index in [1.54, 1.807) is 6.07 Å². The summed E-state index contributed by atoms with van der Waals surface area (Å²) >= 11 is 3.23. The molecule has 1 aromatic carbocycles. The van der Waals surface area contributed by atoms with Crippen LogP contribution in [-0.4, -0.2) is 29.1 Å². The fourth-order valence-electron chi connectivity index (χ4n) is 1.64. The largest absolute Gasteiger partial charge is 0.396 e. The Labute approximate surface area is 125 Å². The van der Waals surface area contributed by atoms with Gasteiger partial charge in [-0.1, -0.05) is 28.9 Å². The molecule has 0 fully saturated rings. The molecule has 0 spiro atoms. The summed E-state index contributed by atoms with van der Waals surface area (Å²) < 4.78 is 0.547. The van der Waals surface area contributed by atoms with Crippen molar-refractivity contribution >= 4 is 27.5 Å². The number of halogens is 1. The summed E-state index contributed by atoms with van der Waals surface area (Å²) in [5, 5.41) is 22.2. The Morgan fingerprint density at radius 3 is 2.80 bits per heavy atom. The number of nitrogens with zero attached hydrogens (tertiary/aromatic N) is 1. The molecule has 1 atom stereocenters. The Balaban J connectivity index is 2.56. The first kappa shape index (κ1) is 16.6. The van der Waals surface area contributed by atoms with Crippen LogP contribution in [0.4, 0.5) is 5.69 Å². The summed E-state index contributed by atoms with van der Waals surface area (Å²) in [6.45, 7) is 2.55. The highest BCUT2D eigenvalue weighted by Gasteiger charge is 2.12. The first-order valence-electron chi connectivity index (χ1n) is 6.24.